The molecule has 0 unspecified atom stereocenters. The van der Waals surface area contributed by atoms with Gasteiger partial charge in [-0.3, -0.25) is 0 Å². The quantitative estimate of drug-likeness (QED) is 0.377. The van der Waals surface area contributed by atoms with Gasteiger partial charge in [0.1, 0.15) is 24.4 Å². The van der Waals surface area contributed by atoms with Gasteiger partial charge in [-0.05, 0) is 19.3 Å². The second-order valence-electron chi connectivity index (χ2n) is 6.26. The molecule has 0 bridgehead atoms. The van der Waals surface area contributed by atoms with Crippen LogP contribution >= 0.6 is 0 Å². The Balaban J connectivity index is 2.07. The minimum absolute atomic E-state index is 0.0322. The molecule has 0 aromatic carbocycles. The maximum absolute atomic E-state index is 9.92. The van der Waals surface area contributed by atoms with E-state index in [2.05, 4.69) is 19.1 Å². The summed E-state index contributed by atoms with van der Waals surface area (Å²) >= 11 is 0. The van der Waals surface area contributed by atoms with Gasteiger partial charge >= 0.3 is 0 Å². The molecule has 0 radical (unpaired) electrons. The number of allylic oxidation sites excluding steroid dienone is 1. The lowest BCUT2D eigenvalue weighted by Gasteiger charge is -2.37. The predicted octanol–water partition coefficient (Wildman–Crippen LogP) is 2.18. The third kappa shape index (κ3) is 8.27. The van der Waals surface area contributed by atoms with E-state index in [4.69, 9.17) is 9.47 Å². The summed E-state index contributed by atoms with van der Waals surface area (Å²) in [6.07, 6.45) is 10.7. The lowest BCUT2D eigenvalue weighted by Crippen LogP contribution is -2.55. The van der Waals surface area contributed by atoms with Crippen LogP contribution < -0.4 is 0 Å². The number of aliphatic hydroxyl groups is 3. The maximum atomic E-state index is 9.92. The minimum Gasteiger partial charge on any atom is -0.394 e. The van der Waals surface area contributed by atoms with Gasteiger partial charge in [-0.15, -0.1) is 0 Å². The molecule has 4 atom stereocenters. The number of hydrogen-bond donors (Lipinski definition) is 3. The van der Waals surface area contributed by atoms with E-state index >= 15 is 0 Å². The maximum Gasteiger partial charge on any atom is 0.114 e. The van der Waals surface area contributed by atoms with Gasteiger partial charge in [-0.2, -0.15) is 0 Å². The summed E-state index contributed by atoms with van der Waals surface area (Å²) in [5, 5.41) is 28.7. The molecule has 0 aliphatic carbocycles. The first kappa shape index (κ1) is 20.6. The Morgan fingerprint density at radius 2 is 1.74 bits per heavy atom. The average molecular weight is 330 g/mol. The molecule has 0 aromatic heterocycles. The van der Waals surface area contributed by atoms with Gasteiger partial charge in [0, 0.05) is 0 Å². The molecule has 1 fully saturated rings. The number of hydrogen-bond acceptors (Lipinski definition) is 5. The van der Waals surface area contributed by atoms with Gasteiger partial charge in [0.15, 0.2) is 0 Å². The summed E-state index contributed by atoms with van der Waals surface area (Å²) in [6, 6.07) is 0. The number of unbranched alkanes of at least 4 members (excludes halogenated alkanes) is 6. The van der Waals surface area contributed by atoms with Crippen LogP contribution in [0.1, 0.15) is 58.3 Å². The molecule has 5 nitrogen and oxygen atoms in total. The van der Waals surface area contributed by atoms with E-state index in [0.717, 1.165) is 12.8 Å². The zero-order valence-electron chi connectivity index (χ0n) is 14.4. The van der Waals surface area contributed by atoms with Crippen LogP contribution in [0.3, 0.4) is 0 Å². The molecule has 0 amide bonds. The van der Waals surface area contributed by atoms with Gasteiger partial charge in [0.25, 0.3) is 0 Å². The summed E-state index contributed by atoms with van der Waals surface area (Å²) < 4.78 is 10.9. The fraction of sp³-hybridized carbons (Fsp3) is 0.889. The molecule has 1 aliphatic heterocycles. The Morgan fingerprint density at radius 3 is 2.48 bits per heavy atom. The first-order valence-corrected chi connectivity index (χ1v) is 9.05. The molecule has 23 heavy (non-hydrogen) atoms. The molecule has 0 spiro atoms. The van der Waals surface area contributed by atoms with Crippen LogP contribution in [0.25, 0.3) is 0 Å². The monoisotopic (exact) mass is 330 g/mol. The molecular weight excluding hydrogens is 296 g/mol. The summed E-state index contributed by atoms with van der Waals surface area (Å²) in [4.78, 5) is 0. The first-order valence-electron chi connectivity index (χ1n) is 9.05. The Kier molecular flexibility index (Phi) is 11.5. The fourth-order valence-corrected chi connectivity index (χ4v) is 2.77. The highest BCUT2D eigenvalue weighted by Crippen LogP contribution is 2.18. The zero-order valence-corrected chi connectivity index (χ0v) is 14.4. The van der Waals surface area contributed by atoms with E-state index in [1.54, 1.807) is 0 Å². The third-order valence-electron chi connectivity index (χ3n) is 4.24. The number of ether oxygens (including phenoxy) is 2. The first-order chi connectivity index (χ1) is 11.2. The fourth-order valence-electron chi connectivity index (χ4n) is 2.77. The highest BCUT2D eigenvalue weighted by Gasteiger charge is 2.39. The molecule has 0 saturated carbocycles. The van der Waals surface area contributed by atoms with Crippen LogP contribution in [0.15, 0.2) is 12.2 Å². The highest BCUT2D eigenvalue weighted by molar-refractivity contribution is 4.88. The molecule has 1 heterocycles. The standard InChI is InChI=1S/C18H34O5/c1-2-3-4-5-6-7-8-9-10-11-12-22-18-16(13-19)23-14-15(20)17(18)21/h9-10,15-21H,2-8,11-14H2,1H3/b10-9+/t15-,16+,17+,18+/m1/s1. The second kappa shape index (κ2) is 12.9. The molecule has 1 aliphatic rings. The zero-order chi connectivity index (χ0) is 16.9. The van der Waals surface area contributed by atoms with Gasteiger partial charge < -0.3 is 24.8 Å². The summed E-state index contributed by atoms with van der Waals surface area (Å²) in [7, 11) is 0. The van der Waals surface area contributed by atoms with Crippen molar-refractivity contribution in [2.75, 3.05) is 19.8 Å². The molecule has 0 aromatic rings. The van der Waals surface area contributed by atoms with Crippen molar-refractivity contribution in [1.82, 2.24) is 0 Å². The van der Waals surface area contributed by atoms with Crippen LogP contribution in [-0.4, -0.2) is 59.6 Å². The highest BCUT2D eigenvalue weighted by atomic mass is 16.6. The van der Waals surface area contributed by atoms with E-state index in [1.807, 2.05) is 0 Å². The lowest BCUT2D eigenvalue weighted by atomic mass is 10.0. The van der Waals surface area contributed by atoms with Crippen molar-refractivity contribution in [1.29, 1.82) is 0 Å². The van der Waals surface area contributed by atoms with Crippen molar-refractivity contribution in [2.45, 2.75) is 82.7 Å². The average Bonchev–Trinajstić information content (AvgIpc) is 2.56. The normalized spacial score (nSPS) is 28.5. The van der Waals surface area contributed by atoms with Crippen LogP contribution in [0.4, 0.5) is 0 Å². The van der Waals surface area contributed by atoms with Crippen molar-refractivity contribution < 1.29 is 24.8 Å². The van der Waals surface area contributed by atoms with Crippen molar-refractivity contribution in [2.24, 2.45) is 0 Å². The predicted molar refractivity (Wildman–Crippen MR) is 90.3 cm³/mol. The van der Waals surface area contributed by atoms with E-state index in [1.165, 1.54) is 38.5 Å². The van der Waals surface area contributed by atoms with Gasteiger partial charge in [0.05, 0.1) is 19.8 Å². The Labute approximate surface area is 140 Å². The lowest BCUT2D eigenvalue weighted by molar-refractivity contribution is -0.211. The Bertz CT molecular complexity index is 306. The van der Waals surface area contributed by atoms with Crippen LogP contribution in [0, 0.1) is 0 Å². The molecular formula is C18H34O5. The molecule has 1 saturated heterocycles. The van der Waals surface area contributed by atoms with Crippen molar-refractivity contribution in [3.8, 4) is 0 Å². The van der Waals surface area contributed by atoms with E-state index in [9.17, 15) is 15.3 Å². The van der Waals surface area contributed by atoms with Crippen LogP contribution in [0.2, 0.25) is 0 Å². The Hall–Kier alpha value is -0.460. The smallest absolute Gasteiger partial charge is 0.114 e. The van der Waals surface area contributed by atoms with Gasteiger partial charge in [-0.1, -0.05) is 51.2 Å². The summed E-state index contributed by atoms with van der Waals surface area (Å²) in [6.45, 7) is 2.49. The molecule has 1 rings (SSSR count). The topological polar surface area (TPSA) is 79.2 Å². The molecule has 5 heteroatoms. The summed E-state index contributed by atoms with van der Waals surface area (Å²) in [5.74, 6) is 0. The molecule has 136 valence electrons. The second-order valence-corrected chi connectivity index (χ2v) is 6.26. The minimum atomic E-state index is -1.01. The number of aliphatic hydroxyl groups excluding tert-OH is 3. The van der Waals surface area contributed by atoms with Crippen molar-refractivity contribution in [3.63, 3.8) is 0 Å². The van der Waals surface area contributed by atoms with E-state index in [-0.39, 0.29) is 13.2 Å². The van der Waals surface area contributed by atoms with Crippen molar-refractivity contribution >= 4 is 0 Å². The van der Waals surface area contributed by atoms with Crippen LogP contribution in [-0.2, 0) is 9.47 Å². The SMILES string of the molecule is CCCCCCCC/C=C/CCO[C@@H]1[C@@H](O)[C@H](O)CO[C@H]1CO. The van der Waals surface area contributed by atoms with Crippen LogP contribution in [0.5, 0.6) is 0 Å². The van der Waals surface area contributed by atoms with E-state index in [0.29, 0.717) is 6.61 Å². The van der Waals surface area contributed by atoms with Gasteiger partial charge in [-0.25, -0.2) is 0 Å². The number of rotatable bonds is 12. The van der Waals surface area contributed by atoms with Crippen molar-refractivity contribution in [3.05, 3.63) is 12.2 Å². The van der Waals surface area contributed by atoms with Gasteiger partial charge in [0.2, 0.25) is 0 Å². The Morgan fingerprint density at radius 1 is 1.04 bits per heavy atom. The third-order valence-corrected chi connectivity index (χ3v) is 4.24. The largest absolute Gasteiger partial charge is 0.394 e. The molecule has 3 N–H and O–H groups in total. The summed E-state index contributed by atoms with van der Waals surface area (Å²) in [5.41, 5.74) is 0. The van der Waals surface area contributed by atoms with E-state index < -0.39 is 24.4 Å².